The number of aromatic amines is 1. The van der Waals surface area contributed by atoms with Gasteiger partial charge in [-0.3, -0.25) is 15.2 Å². The zero-order valence-electron chi connectivity index (χ0n) is 11.7. The number of non-ortho nitro benzene ring substituents is 1. The molecule has 0 saturated heterocycles. The molecule has 0 saturated carbocycles. The molecule has 0 radical (unpaired) electrons. The molecule has 23 heavy (non-hydrogen) atoms. The number of nitro groups is 1. The highest BCUT2D eigenvalue weighted by atomic mass is 32.1. The van der Waals surface area contributed by atoms with E-state index in [0.717, 1.165) is 4.88 Å². The Morgan fingerprint density at radius 1 is 1.43 bits per heavy atom. The van der Waals surface area contributed by atoms with Gasteiger partial charge in [-0.05, 0) is 17.5 Å². The molecule has 3 aromatic rings. The Morgan fingerprint density at radius 2 is 2.30 bits per heavy atom. The van der Waals surface area contributed by atoms with Crippen LogP contribution in [0.4, 0.5) is 11.4 Å². The lowest BCUT2D eigenvalue weighted by Crippen LogP contribution is -2.03. The van der Waals surface area contributed by atoms with E-state index in [1.54, 1.807) is 11.3 Å². The number of anilines is 1. The normalized spacial score (nSPS) is 10.2. The molecule has 0 aliphatic carbocycles. The molecule has 0 aliphatic heterocycles. The number of benzene rings is 1. The first-order valence-electron chi connectivity index (χ1n) is 6.55. The third kappa shape index (κ3) is 3.17. The van der Waals surface area contributed by atoms with Crippen LogP contribution in [-0.4, -0.2) is 20.1 Å². The Hall–Kier alpha value is -3.25. The highest BCUT2D eigenvalue weighted by Gasteiger charge is 2.11. The van der Waals surface area contributed by atoms with Crippen LogP contribution in [0.15, 0.2) is 35.7 Å². The molecule has 1 aromatic carbocycles. The van der Waals surface area contributed by atoms with Gasteiger partial charge >= 0.3 is 0 Å². The second-order valence-electron chi connectivity index (χ2n) is 4.54. The van der Waals surface area contributed by atoms with Crippen molar-refractivity contribution < 1.29 is 4.92 Å². The van der Waals surface area contributed by atoms with Crippen molar-refractivity contribution in [2.24, 2.45) is 0 Å². The first-order chi connectivity index (χ1) is 11.2. The topological polar surface area (TPSA) is 121 Å². The molecule has 2 heterocycles. The fourth-order valence-electron chi connectivity index (χ4n) is 1.96. The molecular weight excluding hydrogens is 316 g/mol. The van der Waals surface area contributed by atoms with E-state index in [0.29, 0.717) is 23.9 Å². The van der Waals surface area contributed by atoms with Crippen molar-refractivity contribution in [3.05, 3.63) is 57.2 Å². The standard InChI is InChI=1S/C14H10N6O2S/c15-7-9-6-10(20(21)22)3-4-11(9)16-8-13-17-14(19-18-13)12-2-1-5-23-12/h1-6,16H,8H2,(H,17,18,19). The largest absolute Gasteiger partial charge is 0.377 e. The van der Waals surface area contributed by atoms with E-state index < -0.39 is 4.92 Å². The van der Waals surface area contributed by atoms with Crippen molar-refractivity contribution in [1.29, 1.82) is 5.26 Å². The maximum Gasteiger partial charge on any atom is 0.270 e. The van der Waals surface area contributed by atoms with E-state index in [1.165, 1.54) is 18.2 Å². The monoisotopic (exact) mass is 326 g/mol. The van der Waals surface area contributed by atoms with E-state index in [9.17, 15) is 10.1 Å². The average Bonchev–Trinajstić information content (AvgIpc) is 3.23. The van der Waals surface area contributed by atoms with E-state index in [4.69, 9.17) is 5.26 Å². The van der Waals surface area contributed by atoms with Crippen molar-refractivity contribution >= 4 is 22.7 Å². The minimum Gasteiger partial charge on any atom is -0.377 e. The molecule has 0 spiro atoms. The van der Waals surface area contributed by atoms with Crippen molar-refractivity contribution in [2.45, 2.75) is 6.54 Å². The maximum atomic E-state index is 10.7. The molecule has 0 fully saturated rings. The first-order valence-corrected chi connectivity index (χ1v) is 7.43. The van der Waals surface area contributed by atoms with Gasteiger partial charge in [0.15, 0.2) is 5.82 Å². The molecule has 2 aromatic heterocycles. The maximum absolute atomic E-state index is 10.7. The quantitative estimate of drug-likeness (QED) is 0.549. The van der Waals surface area contributed by atoms with Crippen molar-refractivity contribution in [2.75, 3.05) is 5.32 Å². The Morgan fingerprint density at radius 3 is 3.00 bits per heavy atom. The SMILES string of the molecule is N#Cc1cc([N+](=O)[O-])ccc1NCc1nc(-c2cccs2)n[nH]1. The van der Waals surface area contributed by atoms with Crippen molar-refractivity contribution in [3.63, 3.8) is 0 Å². The van der Waals surface area contributed by atoms with Crippen LogP contribution in [-0.2, 0) is 6.54 Å². The third-order valence-corrected chi connectivity index (χ3v) is 3.92. The lowest BCUT2D eigenvalue weighted by atomic mass is 10.1. The van der Waals surface area contributed by atoms with Gasteiger partial charge in [-0.15, -0.1) is 11.3 Å². The molecule has 0 unspecified atom stereocenters. The molecular formula is C14H10N6O2S. The van der Waals surface area contributed by atoms with Gasteiger partial charge in [0.05, 0.1) is 27.6 Å². The van der Waals surface area contributed by atoms with E-state index >= 15 is 0 Å². The summed E-state index contributed by atoms with van der Waals surface area (Å²) >= 11 is 1.54. The zero-order chi connectivity index (χ0) is 16.2. The molecule has 3 rings (SSSR count). The van der Waals surface area contributed by atoms with Crippen molar-refractivity contribution in [3.8, 4) is 16.8 Å². The first kappa shape index (κ1) is 14.7. The highest BCUT2D eigenvalue weighted by Crippen LogP contribution is 2.23. The number of nitrogens with one attached hydrogen (secondary N) is 2. The van der Waals surface area contributed by atoms with Crippen molar-refractivity contribution in [1.82, 2.24) is 15.2 Å². The lowest BCUT2D eigenvalue weighted by molar-refractivity contribution is -0.384. The number of nitro benzene ring substituents is 1. The number of nitriles is 1. The lowest BCUT2D eigenvalue weighted by Gasteiger charge is -2.05. The second-order valence-corrected chi connectivity index (χ2v) is 5.48. The summed E-state index contributed by atoms with van der Waals surface area (Å²) < 4.78 is 0. The molecule has 0 bridgehead atoms. The Kier molecular flexibility index (Phi) is 3.99. The predicted molar refractivity (Wildman–Crippen MR) is 84.8 cm³/mol. The average molecular weight is 326 g/mol. The van der Waals surface area contributed by atoms with Crippen LogP contribution in [0.1, 0.15) is 11.4 Å². The highest BCUT2D eigenvalue weighted by molar-refractivity contribution is 7.13. The van der Waals surface area contributed by atoms with Gasteiger partial charge in [-0.25, -0.2) is 4.98 Å². The number of rotatable bonds is 5. The van der Waals surface area contributed by atoms with Crippen LogP contribution in [0.25, 0.3) is 10.7 Å². The molecule has 9 heteroatoms. The van der Waals surface area contributed by atoms with Gasteiger partial charge < -0.3 is 5.32 Å². The van der Waals surface area contributed by atoms with Crippen LogP contribution >= 0.6 is 11.3 Å². The summed E-state index contributed by atoms with van der Waals surface area (Å²) in [5, 5.41) is 31.8. The molecule has 0 aliphatic rings. The van der Waals surface area contributed by atoms with Gasteiger partial charge in [0, 0.05) is 12.1 Å². The third-order valence-electron chi connectivity index (χ3n) is 3.05. The minimum absolute atomic E-state index is 0.119. The summed E-state index contributed by atoms with van der Waals surface area (Å²) in [4.78, 5) is 15.5. The molecule has 0 amide bonds. The Balaban J connectivity index is 1.74. The van der Waals surface area contributed by atoms with Crippen LogP contribution in [0.2, 0.25) is 0 Å². The van der Waals surface area contributed by atoms with E-state index in [2.05, 4.69) is 20.5 Å². The fraction of sp³-hybridized carbons (Fsp3) is 0.0714. The van der Waals surface area contributed by atoms with E-state index in [-0.39, 0.29) is 11.3 Å². The smallest absolute Gasteiger partial charge is 0.270 e. The number of thiophene rings is 1. The summed E-state index contributed by atoms with van der Waals surface area (Å²) in [5.41, 5.74) is 0.594. The molecule has 0 atom stereocenters. The van der Waals surface area contributed by atoms with Crippen LogP contribution in [0, 0.1) is 21.4 Å². The Bertz CT molecular complexity index is 881. The Labute approximate surface area is 134 Å². The number of hydrogen-bond acceptors (Lipinski definition) is 7. The van der Waals surface area contributed by atoms with Gasteiger partial charge in [-0.2, -0.15) is 10.4 Å². The number of hydrogen-bond donors (Lipinski definition) is 2. The molecule has 114 valence electrons. The van der Waals surface area contributed by atoms with Gasteiger partial charge in [0.2, 0.25) is 0 Å². The number of aromatic nitrogens is 3. The van der Waals surface area contributed by atoms with Gasteiger partial charge in [0.25, 0.3) is 5.69 Å². The minimum atomic E-state index is -0.533. The van der Waals surface area contributed by atoms with E-state index in [1.807, 2.05) is 23.6 Å². The summed E-state index contributed by atoms with van der Waals surface area (Å²) in [6, 6.07) is 9.88. The summed E-state index contributed by atoms with van der Waals surface area (Å²) in [7, 11) is 0. The predicted octanol–water partition coefficient (Wildman–Crippen LogP) is 2.93. The molecule has 8 nitrogen and oxygen atoms in total. The number of nitrogens with zero attached hydrogens (tertiary/aromatic N) is 4. The zero-order valence-corrected chi connectivity index (χ0v) is 12.5. The molecule has 2 N–H and O–H groups in total. The van der Waals surface area contributed by atoms with Crippen LogP contribution in [0.3, 0.4) is 0 Å². The van der Waals surface area contributed by atoms with Gasteiger partial charge in [-0.1, -0.05) is 6.07 Å². The fourth-order valence-corrected chi connectivity index (χ4v) is 2.62. The van der Waals surface area contributed by atoms with Gasteiger partial charge in [0.1, 0.15) is 11.9 Å². The second kappa shape index (κ2) is 6.25. The summed E-state index contributed by atoms with van der Waals surface area (Å²) in [6.07, 6.45) is 0. The summed E-state index contributed by atoms with van der Waals surface area (Å²) in [5.74, 6) is 1.22. The summed E-state index contributed by atoms with van der Waals surface area (Å²) in [6.45, 7) is 0.324. The van der Waals surface area contributed by atoms with Crippen LogP contribution < -0.4 is 5.32 Å². The van der Waals surface area contributed by atoms with Crippen LogP contribution in [0.5, 0.6) is 0 Å². The number of H-pyrrole nitrogens is 1.